The number of hydrogen-bond acceptors (Lipinski definition) is 4. The highest BCUT2D eigenvalue weighted by Gasteiger charge is 2.26. The summed E-state index contributed by atoms with van der Waals surface area (Å²) in [5.41, 5.74) is 0. The van der Waals surface area contributed by atoms with E-state index in [4.69, 9.17) is 11.6 Å². The summed E-state index contributed by atoms with van der Waals surface area (Å²) < 4.78 is 27.1. The van der Waals surface area contributed by atoms with Crippen LogP contribution < -0.4 is 5.32 Å². The molecule has 0 aliphatic carbocycles. The third-order valence-electron chi connectivity index (χ3n) is 3.18. The van der Waals surface area contributed by atoms with Crippen molar-refractivity contribution in [2.24, 2.45) is 0 Å². The molecule has 1 aromatic heterocycles. The second-order valence-corrected chi connectivity index (χ2v) is 9.67. The summed E-state index contributed by atoms with van der Waals surface area (Å²) in [6.07, 6.45) is 3.34. The summed E-state index contributed by atoms with van der Waals surface area (Å²) in [6, 6.07) is 1.74. The third-order valence-corrected chi connectivity index (χ3v) is 7.92. The number of halogens is 2. The molecule has 8 heteroatoms. The Hall–Kier alpha value is 0.340. The average molecular weight is 388 g/mol. The van der Waals surface area contributed by atoms with Crippen LogP contribution in [0.15, 0.2) is 14.1 Å². The molecule has 1 N–H and O–H groups in total. The minimum Gasteiger partial charge on any atom is -0.313 e. The van der Waals surface area contributed by atoms with E-state index in [9.17, 15) is 8.42 Å². The van der Waals surface area contributed by atoms with Gasteiger partial charge in [-0.25, -0.2) is 8.42 Å². The van der Waals surface area contributed by atoms with Crippen LogP contribution in [0, 0.1) is 0 Å². The number of hydrogen-bond donors (Lipinski definition) is 1. The third kappa shape index (κ3) is 3.71. The highest BCUT2D eigenvalue weighted by molar-refractivity contribution is 9.11. The molecule has 2 rings (SSSR count). The number of nitrogens with one attached hydrogen (secondary N) is 1. The van der Waals surface area contributed by atoms with Gasteiger partial charge in [-0.15, -0.1) is 11.3 Å². The van der Waals surface area contributed by atoms with E-state index in [0.29, 0.717) is 15.4 Å². The van der Waals surface area contributed by atoms with Gasteiger partial charge in [0.1, 0.15) is 4.21 Å². The van der Waals surface area contributed by atoms with Crippen molar-refractivity contribution in [3.05, 3.63) is 14.9 Å². The molecule has 0 aromatic carbocycles. The van der Waals surface area contributed by atoms with Crippen LogP contribution in [-0.2, 0) is 10.0 Å². The molecule has 1 aromatic rings. The van der Waals surface area contributed by atoms with Crippen LogP contribution in [-0.4, -0.2) is 38.9 Å². The summed E-state index contributed by atoms with van der Waals surface area (Å²) in [4.78, 5) is 0. The van der Waals surface area contributed by atoms with E-state index in [2.05, 4.69) is 21.2 Å². The molecule has 0 bridgehead atoms. The number of sulfonamides is 1. The van der Waals surface area contributed by atoms with E-state index in [1.807, 2.05) is 0 Å². The van der Waals surface area contributed by atoms with Gasteiger partial charge in [-0.3, -0.25) is 0 Å². The van der Waals surface area contributed by atoms with Gasteiger partial charge in [0.25, 0.3) is 10.0 Å². The summed E-state index contributed by atoms with van der Waals surface area (Å²) >= 11 is 10.3. The zero-order valence-electron chi connectivity index (χ0n) is 10.5. The summed E-state index contributed by atoms with van der Waals surface area (Å²) in [7, 11) is -1.82. The predicted octanol–water partition coefficient (Wildman–Crippen LogP) is 2.93. The van der Waals surface area contributed by atoms with Crippen molar-refractivity contribution < 1.29 is 8.42 Å². The van der Waals surface area contributed by atoms with Crippen LogP contribution in [0.2, 0.25) is 5.02 Å². The van der Waals surface area contributed by atoms with Gasteiger partial charge >= 0.3 is 0 Å². The molecule has 1 aliphatic heterocycles. The fourth-order valence-corrected chi connectivity index (χ4v) is 5.92. The van der Waals surface area contributed by atoms with Crippen molar-refractivity contribution >= 4 is 48.9 Å². The molecule has 0 radical (unpaired) electrons. The van der Waals surface area contributed by atoms with E-state index < -0.39 is 10.0 Å². The SMILES string of the molecule is CN(CC1CCCCN1)S(=O)(=O)c1cc(Cl)c(Br)s1. The van der Waals surface area contributed by atoms with Crippen molar-refractivity contribution in [1.82, 2.24) is 9.62 Å². The van der Waals surface area contributed by atoms with Crippen LogP contribution in [0.4, 0.5) is 0 Å². The quantitative estimate of drug-likeness (QED) is 0.864. The normalized spacial score (nSPS) is 20.9. The number of nitrogens with zero attached hydrogens (tertiary/aromatic N) is 1. The van der Waals surface area contributed by atoms with Crippen LogP contribution in [0.5, 0.6) is 0 Å². The maximum atomic E-state index is 12.4. The molecule has 108 valence electrons. The van der Waals surface area contributed by atoms with Crippen molar-refractivity contribution in [1.29, 1.82) is 0 Å². The maximum Gasteiger partial charge on any atom is 0.252 e. The Kier molecular flexibility index (Phi) is 5.30. The molecule has 1 saturated heterocycles. The Morgan fingerprint density at radius 1 is 1.58 bits per heavy atom. The van der Waals surface area contributed by atoms with Crippen molar-refractivity contribution in [3.63, 3.8) is 0 Å². The molecule has 2 heterocycles. The number of rotatable bonds is 4. The topological polar surface area (TPSA) is 49.4 Å². The second-order valence-electron chi connectivity index (χ2n) is 4.62. The lowest BCUT2D eigenvalue weighted by Gasteiger charge is -2.27. The van der Waals surface area contributed by atoms with Gasteiger partial charge in [0.05, 0.1) is 8.81 Å². The van der Waals surface area contributed by atoms with Gasteiger partial charge in [0.15, 0.2) is 0 Å². The average Bonchev–Trinajstić information content (AvgIpc) is 2.71. The predicted molar refractivity (Wildman–Crippen MR) is 82.5 cm³/mol. The lowest BCUT2D eigenvalue weighted by Crippen LogP contribution is -2.44. The Morgan fingerprint density at radius 2 is 2.32 bits per heavy atom. The number of likely N-dealkylation sites (N-methyl/N-ethyl adjacent to an activating group) is 1. The maximum absolute atomic E-state index is 12.4. The molecular formula is C11H16BrClN2O2S2. The van der Waals surface area contributed by atoms with E-state index >= 15 is 0 Å². The molecule has 4 nitrogen and oxygen atoms in total. The van der Waals surface area contributed by atoms with E-state index in [1.165, 1.54) is 16.8 Å². The molecule has 0 amide bonds. The monoisotopic (exact) mass is 386 g/mol. The zero-order valence-corrected chi connectivity index (χ0v) is 14.5. The van der Waals surface area contributed by atoms with Crippen molar-refractivity contribution in [2.75, 3.05) is 20.1 Å². The molecular weight excluding hydrogens is 372 g/mol. The highest BCUT2D eigenvalue weighted by atomic mass is 79.9. The van der Waals surface area contributed by atoms with Gasteiger partial charge in [-0.2, -0.15) is 4.31 Å². The van der Waals surface area contributed by atoms with Gasteiger partial charge < -0.3 is 5.32 Å². The first-order chi connectivity index (χ1) is 8.91. The summed E-state index contributed by atoms with van der Waals surface area (Å²) in [5.74, 6) is 0. The van der Waals surface area contributed by atoms with Crippen LogP contribution in [0.3, 0.4) is 0 Å². The molecule has 1 atom stereocenters. The van der Waals surface area contributed by atoms with E-state index in [0.717, 1.165) is 30.7 Å². The van der Waals surface area contributed by atoms with Gasteiger partial charge in [-0.1, -0.05) is 18.0 Å². The smallest absolute Gasteiger partial charge is 0.252 e. The second kappa shape index (κ2) is 6.41. The Morgan fingerprint density at radius 3 is 2.84 bits per heavy atom. The Balaban J connectivity index is 2.10. The summed E-state index contributed by atoms with van der Waals surface area (Å²) in [6.45, 7) is 1.46. The Labute approximate surface area is 131 Å². The summed E-state index contributed by atoms with van der Waals surface area (Å²) in [5, 5.41) is 3.79. The first kappa shape index (κ1) is 15.7. The van der Waals surface area contributed by atoms with Gasteiger partial charge in [-0.05, 0) is 41.4 Å². The number of thiophene rings is 1. The fourth-order valence-electron chi connectivity index (χ4n) is 2.10. The van der Waals surface area contributed by atoms with Crippen LogP contribution in [0.1, 0.15) is 19.3 Å². The minimum atomic E-state index is -3.44. The standard InChI is InChI=1S/C11H16BrClN2O2S2/c1-15(7-8-4-2-3-5-14-8)19(16,17)10-6-9(13)11(12)18-10/h6,8,14H,2-5,7H2,1H3. The van der Waals surface area contributed by atoms with Crippen LogP contribution in [0.25, 0.3) is 0 Å². The largest absolute Gasteiger partial charge is 0.313 e. The molecule has 19 heavy (non-hydrogen) atoms. The minimum absolute atomic E-state index is 0.243. The molecule has 1 aliphatic rings. The molecule has 0 saturated carbocycles. The van der Waals surface area contributed by atoms with Crippen molar-refractivity contribution in [3.8, 4) is 0 Å². The van der Waals surface area contributed by atoms with Crippen LogP contribution >= 0.6 is 38.9 Å². The highest BCUT2D eigenvalue weighted by Crippen LogP contribution is 2.35. The fraction of sp³-hybridized carbons (Fsp3) is 0.636. The van der Waals surface area contributed by atoms with Gasteiger partial charge in [0, 0.05) is 19.6 Å². The lowest BCUT2D eigenvalue weighted by molar-refractivity contribution is 0.338. The van der Waals surface area contributed by atoms with E-state index in [1.54, 1.807) is 7.05 Å². The van der Waals surface area contributed by atoms with Gasteiger partial charge in [0.2, 0.25) is 0 Å². The first-order valence-electron chi connectivity index (χ1n) is 6.06. The first-order valence-corrected chi connectivity index (χ1v) is 9.48. The lowest BCUT2D eigenvalue weighted by atomic mass is 10.1. The Bertz CT molecular complexity index is 521. The number of piperidine rings is 1. The molecule has 1 fully saturated rings. The molecule has 0 spiro atoms. The zero-order chi connectivity index (χ0) is 14.0. The van der Waals surface area contributed by atoms with Crippen molar-refractivity contribution in [2.45, 2.75) is 29.5 Å². The van der Waals surface area contributed by atoms with E-state index in [-0.39, 0.29) is 10.3 Å². The molecule has 1 unspecified atom stereocenters.